The number of hydrogen-bond donors (Lipinski definition) is 3. The van der Waals surface area contributed by atoms with Crippen molar-refractivity contribution in [3.63, 3.8) is 0 Å². The Morgan fingerprint density at radius 2 is 2.24 bits per heavy atom. The second-order valence-electron chi connectivity index (χ2n) is 4.32. The van der Waals surface area contributed by atoms with Crippen molar-refractivity contribution in [3.8, 4) is 0 Å². The number of aliphatic hydroxyl groups is 1. The van der Waals surface area contributed by atoms with Gasteiger partial charge in [-0.25, -0.2) is 4.98 Å². The molecule has 1 aromatic heterocycles. The molecule has 0 bridgehead atoms. The number of nitrogens with two attached hydrogens (primary N) is 1. The first-order valence-electron chi connectivity index (χ1n) is 5.16. The quantitative estimate of drug-likeness (QED) is 0.736. The molecule has 1 amide bonds. The van der Waals surface area contributed by atoms with Crippen LogP contribution in [0.3, 0.4) is 0 Å². The first-order chi connectivity index (χ1) is 7.83. The van der Waals surface area contributed by atoms with Gasteiger partial charge in [-0.3, -0.25) is 4.79 Å². The third kappa shape index (κ3) is 2.67. The van der Waals surface area contributed by atoms with Crippen molar-refractivity contribution in [2.45, 2.75) is 19.4 Å². The number of amides is 1. The molecule has 0 aliphatic carbocycles. The summed E-state index contributed by atoms with van der Waals surface area (Å²) in [5.74, 6) is -0.0227. The Kier molecular flexibility index (Phi) is 3.94. The average Bonchev–Trinajstić information content (AvgIpc) is 2.68. The Labute approximate surface area is 104 Å². The normalized spacial score (nSPS) is 11.4. The van der Waals surface area contributed by atoms with Gasteiger partial charge in [-0.1, -0.05) is 11.3 Å². The molecule has 96 valence electrons. The van der Waals surface area contributed by atoms with E-state index in [1.54, 1.807) is 27.9 Å². The summed E-state index contributed by atoms with van der Waals surface area (Å²) in [6.07, 6.45) is 0. The van der Waals surface area contributed by atoms with E-state index in [1.807, 2.05) is 0 Å². The maximum Gasteiger partial charge on any atom is 0.268 e. The molecule has 0 spiro atoms. The molecule has 7 heteroatoms. The van der Waals surface area contributed by atoms with Crippen LogP contribution >= 0.6 is 11.3 Å². The van der Waals surface area contributed by atoms with Gasteiger partial charge in [-0.2, -0.15) is 0 Å². The number of anilines is 2. The third-order valence-electron chi connectivity index (χ3n) is 2.66. The topological polar surface area (TPSA) is 91.5 Å². The second kappa shape index (κ2) is 4.89. The molecule has 0 unspecified atom stereocenters. The maximum atomic E-state index is 12.2. The Hall–Kier alpha value is -1.34. The summed E-state index contributed by atoms with van der Waals surface area (Å²) in [5.41, 5.74) is 5.06. The summed E-state index contributed by atoms with van der Waals surface area (Å²) >= 11 is 1.20. The molecule has 1 aromatic rings. The molecule has 0 saturated carbocycles. The SMILES string of the molecule is CNc1nc(N)c(C(=O)N(C)C(C)(C)CO)s1. The highest BCUT2D eigenvalue weighted by Gasteiger charge is 2.30. The standard InChI is InChI=1S/C10H18N4O2S/c1-10(2,5-15)14(4)8(16)6-7(11)13-9(12-3)17-6/h15H,5,11H2,1-4H3,(H,12,13). The molecule has 1 heterocycles. The predicted molar refractivity (Wildman–Crippen MR) is 69.3 cm³/mol. The Balaban J connectivity index is 3.00. The number of aromatic nitrogens is 1. The van der Waals surface area contributed by atoms with E-state index in [0.717, 1.165) is 0 Å². The average molecular weight is 258 g/mol. The summed E-state index contributed by atoms with van der Waals surface area (Å²) in [4.78, 5) is 18.0. The Morgan fingerprint density at radius 1 is 1.65 bits per heavy atom. The number of nitrogens with zero attached hydrogens (tertiary/aromatic N) is 2. The van der Waals surface area contributed by atoms with Crippen molar-refractivity contribution in [1.82, 2.24) is 9.88 Å². The van der Waals surface area contributed by atoms with Gasteiger partial charge in [0.1, 0.15) is 10.7 Å². The zero-order chi connectivity index (χ0) is 13.2. The molecule has 0 aliphatic heterocycles. The van der Waals surface area contributed by atoms with Crippen molar-refractivity contribution in [3.05, 3.63) is 4.88 Å². The fourth-order valence-corrected chi connectivity index (χ4v) is 1.94. The smallest absolute Gasteiger partial charge is 0.268 e. The van der Waals surface area contributed by atoms with Crippen LogP contribution in [-0.4, -0.2) is 47.1 Å². The van der Waals surface area contributed by atoms with Gasteiger partial charge in [-0.05, 0) is 13.8 Å². The van der Waals surface area contributed by atoms with Gasteiger partial charge >= 0.3 is 0 Å². The lowest BCUT2D eigenvalue weighted by atomic mass is 10.1. The van der Waals surface area contributed by atoms with E-state index in [4.69, 9.17) is 5.73 Å². The lowest BCUT2D eigenvalue weighted by molar-refractivity contribution is 0.0478. The van der Waals surface area contributed by atoms with E-state index in [-0.39, 0.29) is 18.3 Å². The third-order valence-corrected chi connectivity index (χ3v) is 3.74. The molecule has 0 saturated heterocycles. The number of nitrogens with one attached hydrogen (secondary N) is 1. The van der Waals surface area contributed by atoms with Crippen molar-refractivity contribution >= 4 is 28.2 Å². The first-order valence-corrected chi connectivity index (χ1v) is 5.98. The molecule has 17 heavy (non-hydrogen) atoms. The summed E-state index contributed by atoms with van der Waals surface area (Å²) < 4.78 is 0. The summed E-state index contributed by atoms with van der Waals surface area (Å²) in [6, 6.07) is 0. The van der Waals surface area contributed by atoms with Crippen LogP contribution in [0.1, 0.15) is 23.5 Å². The van der Waals surface area contributed by atoms with Crippen LogP contribution in [-0.2, 0) is 0 Å². The highest BCUT2D eigenvalue weighted by Crippen LogP contribution is 2.27. The number of aliphatic hydroxyl groups excluding tert-OH is 1. The monoisotopic (exact) mass is 258 g/mol. The number of carbonyl (C=O) groups is 1. The summed E-state index contributed by atoms with van der Waals surface area (Å²) in [6.45, 7) is 3.44. The zero-order valence-corrected chi connectivity index (χ0v) is 11.3. The molecule has 4 N–H and O–H groups in total. The minimum Gasteiger partial charge on any atom is -0.394 e. The number of carbonyl (C=O) groups excluding carboxylic acids is 1. The molecular weight excluding hydrogens is 240 g/mol. The van der Waals surface area contributed by atoms with Crippen LogP contribution in [0.5, 0.6) is 0 Å². The molecular formula is C10H18N4O2S. The molecule has 0 atom stereocenters. The van der Waals surface area contributed by atoms with E-state index < -0.39 is 5.54 Å². The van der Waals surface area contributed by atoms with Crippen LogP contribution in [0.15, 0.2) is 0 Å². The van der Waals surface area contributed by atoms with Crippen LogP contribution in [0.4, 0.5) is 10.9 Å². The van der Waals surface area contributed by atoms with Gasteiger partial charge in [-0.15, -0.1) is 0 Å². The number of likely N-dealkylation sites (N-methyl/N-ethyl adjacent to an activating group) is 1. The second-order valence-corrected chi connectivity index (χ2v) is 5.32. The van der Waals surface area contributed by atoms with Crippen molar-refractivity contribution in [1.29, 1.82) is 0 Å². The fourth-order valence-electron chi connectivity index (χ4n) is 1.13. The van der Waals surface area contributed by atoms with Gasteiger partial charge in [0.2, 0.25) is 0 Å². The largest absolute Gasteiger partial charge is 0.394 e. The maximum absolute atomic E-state index is 12.2. The van der Waals surface area contributed by atoms with Gasteiger partial charge in [0.05, 0.1) is 12.1 Å². The molecule has 0 aliphatic rings. The van der Waals surface area contributed by atoms with E-state index in [0.29, 0.717) is 10.0 Å². The Bertz CT molecular complexity index is 416. The van der Waals surface area contributed by atoms with Crippen molar-refractivity contribution in [2.24, 2.45) is 0 Å². The molecule has 0 aromatic carbocycles. The van der Waals surface area contributed by atoms with Crippen LogP contribution in [0.25, 0.3) is 0 Å². The minimum absolute atomic E-state index is 0.118. The van der Waals surface area contributed by atoms with E-state index in [1.165, 1.54) is 16.2 Å². The minimum atomic E-state index is -0.632. The summed E-state index contributed by atoms with van der Waals surface area (Å²) in [7, 11) is 3.35. The zero-order valence-electron chi connectivity index (χ0n) is 10.4. The van der Waals surface area contributed by atoms with Crippen LogP contribution in [0.2, 0.25) is 0 Å². The molecule has 0 radical (unpaired) electrons. The van der Waals surface area contributed by atoms with E-state index in [9.17, 15) is 9.90 Å². The van der Waals surface area contributed by atoms with E-state index >= 15 is 0 Å². The number of rotatable bonds is 4. The highest BCUT2D eigenvalue weighted by molar-refractivity contribution is 7.18. The number of thiazole rings is 1. The van der Waals surface area contributed by atoms with E-state index in [2.05, 4.69) is 10.3 Å². The number of hydrogen-bond acceptors (Lipinski definition) is 6. The molecule has 0 fully saturated rings. The molecule has 1 rings (SSSR count). The summed E-state index contributed by atoms with van der Waals surface area (Å²) in [5, 5.41) is 12.7. The number of nitrogen functional groups attached to an aromatic ring is 1. The Morgan fingerprint density at radius 3 is 2.65 bits per heavy atom. The van der Waals surface area contributed by atoms with Gasteiger partial charge in [0.15, 0.2) is 5.13 Å². The van der Waals surface area contributed by atoms with Gasteiger partial charge in [0.25, 0.3) is 5.91 Å². The fraction of sp³-hybridized carbons (Fsp3) is 0.600. The lowest BCUT2D eigenvalue weighted by Crippen LogP contribution is -2.47. The lowest BCUT2D eigenvalue weighted by Gasteiger charge is -2.33. The van der Waals surface area contributed by atoms with Crippen LogP contribution in [0, 0.1) is 0 Å². The highest BCUT2D eigenvalue weighted by atomic mass is 32.1. The van der Waals surface area contributed by atoms with Crippen LogP contribution < -0.4 is 11.1 Å². The van der Waals surface area contributed by atoms with Crippen molar-refractivity contribution in [2.75, 3.05) is 31.8 Å². The van der Waals surface area contributed by atoms with Crippen molar-refractivity contribution < 1.29 is 9.90 Å². The predicted octanol–water partition coefficient (Wildman–Crippen LogP) is 0.610. The molecule has 6 nitrogen and oxygen atoms in total. The van der Waals surface area contributed by atoms with Gasteiger partial charge in [0, 0.05) is 14.1 Å². The first kappa shape index (κ1) is 13.7. The van der Waals surface area contributed by atoms with Gasteiger partial charge < -0.3 is 21.1 Å².